The van der Waals surface area contributed by atoms with E-state index in [2.05, 4.69) is 16.1 Å². The second-order valence-electron chi connectivity index (χ2n) is 5.00. The summed E-state index contributed by atoms with van der Waals surface area (Å²) in [6, 6.07) is 15.2. The third-order valence-electron chi connectivity index (χ3n) is 3.33. The van der Waals surface area contributed by atoms with Crippen molar-refractivity contribution in [1.82, 2.24) is 5.32 Å². The zero-order chi connectivity index (χ0) is 15.2. The SMILES string of the molecule is Cc1cccc([C@H](C)NCc2ccccc2OC(F)F)c1. The fourth-order valence-corrected chi connectivity index (χ4v) is 2.18. The highest BCUT2D eigenvalue weighted by atomic mass is 19.3. The van der Waals surface area contributed by atoms with Crippen LogP contribution in [0.4, 0.5) is 8.78 Å². The lowest BCUT2D eigenvalue weighted by Gasteiger charge is -2.16. The van der Waals surface area contributed by atoms with Gasteiger partial charge in [-0.2, -0.15) is 8.78 Å². The Labute approximate surface area is 123 Å². The summed E-state index contributed by atoms with van der Waals surface area (Å²) in [4.78, 5) is 0. The number of ether oxygens (including phenoxy) is 1. The van der Waals surface area contributed by atoms with Gasteiger partial charge < -0.3 is 10.1 Å². The quantitative estimate of drug-likeness (QED) is 0.849. The van der Waals surface area contributed by atoms with Crippen LogP contribution in [0.2, 0.25) is 0 Å². The van der Waals surface area contributed by atoms with Crippen molar-refractivity contribution < 1.29 is 13.5 Å². The molecule has 1 N–H and O–H groups in total. The first-order valence-corrected chi connectivity index (χ1v) is 6.89. The lowest BCUT2D eigenvalue weighted by Crippen LogP contribution is -2.19. The molecule has 1 atom stereocenters. The second-order valence-corrected chi connectivity index (χ2v) is 5.00. The normalized spacial score (nSPS) is 12.4. The maximum atomic E-state index is 12.4. The van der Waals surface area contributed by atoms with Crippen molar-refractivity contribution in [3.63, 3.8) is 0 Å². The number of benzene rings is 2. The van der Waals surface area contributed by atoms with Gasteiger partial charge in [-0.05, 0) is 25.5 Å². The average molecular weight is 291 g/mol. The number of nitrogens with one attached hydrogen (secondary N) is 1. The van der Waals surface area contributed by atoms with Crippen LogP contribution in [0.1, 0.15) is 29.7 Å². The number of hydrogen-bond acceptors (Lipinski definition) is 2. The van der Waals surface area contributed by atoms with Gasteiger partial charge in [0.25, 0.3) is 0 Å². The van der Waals surface area contributed by atoms with Crippen molar-refractivity contribution in [1.29, 1.82) is 0 Å². The number of halogens is 2. The Morgan fingerprint density at radius 2 is 1.86 bits per heavy atom. The monoisotopic (exact) mass is 291 g/mol. The molecular formula is C17H19F2NO. The minimum atomic E-state index is -2.81. The van der Waals surface area contributed by atoms with Crippen LogP contribution in [-0.2, 0) is 6.54 Å². The molecule has 0 fully saturated rings. The van der Waals surface area contributed by atoms with Gasteiger partial charge in [0.1, 0.15) is 5.75 Å². The van der Waals surface area contributed by atoms with Crippen molar-refractivity contribution in [2.75, 3.05) is 0 Å². The van der Waals surface area contributed by atoms with Gasteiger partial charge in [0, 0.05) is 18.2 Å². The fourth-order valence-electron chi connectivity index (χ4n) is 2.18. The van der Waals surface area contributed by atoms with E-state index in [-0.39, 0.29) is 11.8 Å². The van der Waals surface area contributed by atoms with E-state index in [4.69, 9.17) is 0 Å². The molecule has 0 aliphatic carbocycles. The molecule has 0 amide bonds. The van der Waals surface area contributed by atoms with Crippen LogP contribution < -0.4 is 10.1 Å². The number of aryl methyl sites for hydroxylation is 1. The molecule has 0 unspecified atom stereocenters. The minimum absolute atomic E-state index is 0.129. The maximum absolute atomic E-state index is 12.4. The Morgan fingerprint density at radius 1 is 1.10 bits per heavy atom. The number of alkyl halides is 2. The third kappa shape index (κ3) is 4.53. The van der Waals surface area contributed by atoms with E-state index in [0.29, 0.717) is 6.54 Å². The van der Waals surface area contributed by atoms with E-state index in [1.165, 1.54) is 11.1 Å². The van der Waals surface area contributed by atoms with Gasteiger partial charge in [-0.3, -0.25) is 0 Å². The van der Waals surface area contributed by atoms with Crippen LogP contribution in [-0.4, -0.2) is 6.61 Å². The maximum Gasteiger partial charge on any atom is 0.387 e. The van der Waals surface area contributed by atoms with Crippen LogP contribution in [0.25, 0.3) is 0 Å². The summed E-state index contributed by atoms with van der Waals surface area (Å²) in [5, 5.41) is 3.33. The Balaban J connectivity index is 2.02. The van der Waals surface area contributed by atoms with Gasteiger partial charge >= 0.3 is 6.61 Å². The van der Waals surface area contributed by atoms with E-state index >= 15 is 0 Å². The summed E-state index contributed by atoms with van der Waals surface area (Å²) < 4.78 is 29.3. The minimum Gasteiger partial charge on any atom is -0.434 e. The van der Waals surface area contributed by atoms with Crippen LogP contribution in [0.3, 0.4) is 0 Å². The van der Waals surface area contributed by atoms with E-state index in [0.717, 1.165) is 5.56 Å². The largest absolute Gasteiger partial charge is 0.434 e. The first-order valence-electron chi connectivity index (χ1n) is 6.89. The van der Waals surface area contributed by atoms with E-state index in [1.807, 2.05) is 38.1 Å². The molecule has 112 valence electrons. The lowest BCUT2D eigenvalue weighted by atomic mass is 10.1. The average Bonchev–Trinajstić information content (AvgIpc) is 2.45. The van der Waals surface area contributed by atoms with Crippen molar-refractivity contribution in [2.45, 2.75) is 33.0 Å². The second kappa shape index (κ2) is 7.18. The van der Waals surface area contributed by atoms with Crippen LogP contribution >= 0.6 is 0 Å². The molecule has 0 saturated carbocycles. The molecule has 0 aromatic heterocycles. The van der Waals surface area contributed by atoms with Crippen LogP contribution in [0.5, 0.6) is 5.75 Å². The number of hydrogen-bond donors (Lipinski definition) is 1. The Bertz CT molecular complexity index is 587. The van der Waals surface area contributed by atoms with E-state index < -0.39 is 6.61 Å². The van der Waals surface area contributed by atoms with Crippen LogP contribution in [0.15, 0.2) is 48.5 Å². The summed E-state index contributed by atoms with van der Waals surface area (Å²) >= 11 is 0. The molecule has 2 nitrogen and oxygen atoms in total. The highest BCUT2D eigenvalue weighted by Gasteiger charge is 2.10. The summed E-state index contributed by atoms with van der Waals surface area (Å²) in [6.07, 6.45) is 0. The van der Waals surface area contributed by atoms with Gasteiger partial charge in [-0.25, -0.2) is 0 Å². The van der Waals surface area contributed by atoms with Crippen molar-refractivity contribution in [3.8, 4) is 5.75 Å². The third-order valence-corrected chi connectivity index (χ3v) is 3.33. The fraction of sp³-hybridized carbons (Fsp3) is 0.294. The highest BCUT2D eigenvalue weighted by molar-refractivity contribution is 5.33. The molecule has 4 heteroatoms. The Kier molecular flexibility index (Phi) is 5.28. The zero-order valence-electron chi connectivity index (χ0n) is 12.1. The van der Waals surface area contributed by atoms with Gasteiger partial charge in [-0.1, -0.05) is 48.0 Å². The first-order chi connectivity index (χ1) is 10.1. The molecule has 2 aromatic carbocycles. The smallest absolute Gasteiger partial charge is 0.387 e. The lowest BCUT2D eigenvalue weighted by molar-refractivity contribution is -0.0505. The predicted molar refractivity (Wildman–Crippen MR) is 79.5 cm³/mol. The zero-order valence-corrected chi connectivity index (χ0v) is 12.1. The number of para-hydroxylation sites is 1. The van der Waals surface area contributed by atoms with Gasteiger partial charge in [0.15, 0.2) is 0 Å². The van der Waals surface area contributed by atoms with Crippen molar-refractivity contribution in [3.05, 3.63) is 65.2 Å². The summed E-state index contributed by atoms with van der Waals surface area (Å²) in [5.41, 5.74) is 3.09. The van der Waals surface area contributed by atoms with Crippen molar-refractivity contribution >= 4 is 0 Å². The molecule has 0 spiro atoms. The van der Waals surface area contributed by atoms with E-state index in [1.54, 1.807) is 18.2 Å². The molecular weight excluding hydrogens is 272 g/mol. The topological polar surface area (TPSA) is 21.3 Å². The summed E-state index contributed by atoms with van der Waals surface area (Å²) in [6.45, 7) is 1.76. The Hall–Kier alpha value is -1.94. The predicted octanol–water partition coefficient (Wildman–Crippen LogP) is 4.45. The molecule has 0 saturated heterocycles. The number of rotatable bonds is 6. The molecule has 2 rings (SSSR count). The van der Waals surface area contributed by atoms with Crippen molar-refractivity contribution in [2.24, 2.45) is 0 Å². The standard InChI is InChI=1S/C17H19F2NO/c1-12-6-5-8-14(10-12)13(2)20-11-15-7-3-4-9-16(15)21-17(18)19/h3-10,13,17,20H,11H2,1-2H3/t13-/m0/s1. The molecule has 0 heterocycles. The van der Waals surface area contributed by atoms with E-state index in [9.17, 15) is 8.78 Å². The van der Waals surface area contributed by atoms with Gasteiger partial charge in [-0.15, -0.1) is 0 Å². The summed E-state index contributed by atoms with van der Waals surface area (Å²) in [5.74, 6) is 0.219. The molecule has 0 aliphatic heterocycles. The van der Waals surface area contributed by atoms with Gasteiger partial charge in [0.05, 0.1) is 0 Å². The molecule has 0 bridgehead atoms. The van der Waals surface area contributed by atoms with Gasteiger partial charge in [0.2, 0.25) is 0 Å². The molecule has 2 aromatic rings. The molecule has 0 radical (unpaired) electrons. The molecule has 0 aliphatic rings. The highest BCUT2D eigenvalue weighted by Crippen LogP contribution is 2.21. The summed E-state index contributed by atoms with van der Waals surface area (Å²) in [7, 11) is 0. The first kappa shape index (κ1) is 15.4. The molecule has 21 heavy (non-hydrogen) atoms. The van der Waals surface area contributed by atoms with Crippen LogP contribution in [0, 0.1) is 6.92 Å². The Morgan fingerprint density at radius 3 is 2.57 bits per heavy atom.